The Morgan fingerprint density at radius 3 is 2.60 bits per heavy atom. The van der Waals surface area contributed by atoms with Crippen molar-refractivity contribution in [2.75, 3.05) is 26.9 Å². The van der Waals surface area contributed by atoms with Gasteiger partial charge in [-0.2, -0.15) is 0 Å². The highest BCUT2D eigenvalue weighted by molar-refractivity contribution is 5.78. The SMILES string of the molecule is COCCC(C)NC(=O)COCC(=O)O. The van der Waals surface area contributed by atoms with Crippen LogP contribution < -0.4 is 5.32 Å². The minimum atomic E-state index is -1.09. The third-order valence-electron chi connectivity index (χ3n) is 1.62. The summed E-state index contributed by atoms with van der Waals surface area (Å²) in [5.74, 6) is -1.41. The Balaban J connectivity index is 3.50. The fraction of sp³-hybridized carbons (Fsp3) is 0.778. The maximum Gasteiger partial charge on any atom is 0.329 e. The van der Waals surface area contributed by atoms with E-state index in [9.17, 15) is 9.59 Å². The Morgan fingerprint density at radius 2 is 2.07 bits per heavy atom. The van der Waals surface area contributed by atoms with Gasteiger partial charge in [0.2, 0.25) is 5.91 Å². The molecule has 0 aliphatic heterocycles. The second kappa shape index (κ2) is 8.19. The first-order chi connectivity index (χ1) is 7.06. The largest absolute Gasteiger partial charge is 0.480 e. The summed E-state index contributed by atoms with van der Waals surface area (Å²) >= 11 is 0. The molecular weight excluding hydrogens is 202 g/mol. The molecule has 0 aromatic rings. The lowest BCUT2D eigenvalue weighted by Gasteiger charge is -2.12. The number of carboxylic acids is 1. The molecule has 0 aliphatic rings. The summed E-state index contributed by atoms with van der Waals surface area (Å²) in [6.45, 7) is 1.72. The molecule has 0 radical (unpaired) electrons. The van der Waals surface area contributed by atoms with Crippen LogP contribution in [0.5, 0.6) is 0 Å². The Labute approximate surface area is 88.6 Å². The summed E-state index contributed by atoms with van der Waals surface area (Å²) in [7, 11) is 1.59. The maximum atomic E-state index is 11.1. The van der Waals surface area contributed by atoms with E-state index in [1.54, 1.807) is 7.11 Å². The van der Waals surface area contributed by atoms with Crippen molar-refractivity contribution in [3.05, 3.63) is 0 Å². The van der Waals surface area contributed by atoms with Crippen LogP contribution in [-0.2, 0) is 19.1 Å². The second-order valence-corrected chi connectivity index (χ2v) is 3.14. The molecule has 1 amide bonds. The molecule has 0 saturated carbocycles. The van der Waals surface area contributed by atoms with Crippen molar-refractivity contribution < 1.29 is 24.2 Å². The van der Waals surface area contributed by atoms with Crippen LogP contribution in [0.25, 0.3) is 0 Å². The van der Waals surface area contributed by atoms with E-state index in [2.05, 4.69) is 10.1 Å². The maximum absolute atomic E-state index is 11.1. The molecular formula is C9H17NO5. The number of amides is 1. The quantitative estimate of drug-likeness (QED) is 0.581. The summed E-state index contributed by atoms with van der Waals surface area (Å²) < 4.78 is 9.47. The highest BCUT2D eigenvalue weighted by Gasteiger charge is 2.07. The molecule has 88 valence electrons. The molecule has 0 bridgehead atoms. The first-order valence-electron chi connectivity index (χ1n) is 4.64. The van der Waals surface area contributed by atoms with E-state index < -0.39 is 12.6 Å². The summed E-state index contributed by atoms with van der Waals surface area (Å²) in [5, 5.41) is 10.9. The van der Waals surface area contributed by atoms with Crippen LogP contribution >= 0.6 is 0 Å². The Hall–Kier alpha value is -1.14. The van der Waals surface area contributed by atoms with Gasteiger partial charge in [0.1, 0.15) is 13.2 Å². The third kappa shape index (κ3) is 9.17. The molecule has 0 heterocycles. The van der Waals surface area contributed by atoms with Gasteiger partial charge in [-0.1, -0.05) is 0 Å². The van der Waals surface area contributed by atoms with E-state index in [4.69, 9.17) is 9.84 Å². The lowest BCUT2D eigenvalue weighted by Crippen LogP contribution is -2.36. The molecule has 6 heteroatoms. The van der Waals surface area contributed by atoms with Crippen molar-refractivity contribution in [2.45, 2.75) is 19.4 Å². The zero-order valence-corrected chi connectivity index (χ0v) is 8.99. The Kier molecular flexibility index (Phi) is 7.57. The van der Waals surface area contributed by atoms with E-state index in [0.717, 1.165) is 0 Å². The van der Waals surface area contributed by atoms with Crippen LogP contribution in [0, 0.1) is 0 Å². The molecule has 0 aliphatic carbocycles. The Morgan fingerprint density at radius 1 is 1.40 bits per heavy atom. The van der Waals surface area contributed by atoms with Gasteiger partial charge in [0.25, 0.3) is 0 Å². The van der Waals surface area contributed by atoms with Crippen molar-refractivity contribution >= 4 is 11.9 Å². The summed E-state index contributed by atoms with van der Waals surface area (Å²) in [4.78, 5) is 21.2. The monoisotopic (exact) mass is 219 g/mol. The van der Waals surface area contributed by atoms with Crippen LogP contribution in [-0.4, -0.2) is 50.0 Å². The molecule has 1 atom stereocenters. The first-order valence-corrected chi connectivity index (χ1v) is 4.64. The van der Waals surface area contributed by atoms with Gasteiger partial charge >= 0.3 is 5.97 Å². The topological polar surface area (TPSA) is 84.9 Å². The molecule has 0 aromatic heterocycles. The Bertz CT molecular complexity index is 207. The van der Waals surface area contributed by atoms with Crippen molar-refractivity contribution in [1.82, 2.24) is 5.32 Å². The van der Waals surface area contributed by atoms with E-state index in [-0.39, 0.29) is 18.6 Å². The summed E-state index contributed by atoms with van der Waals surface area (Å²) in [5.41, 5.74) is 0. The molecule has 6 nitrogen and oxygen atoms in total. The molecule has 2 N–H and O–H groups in total. The lowest BCUT2D eigenvalue weighted by molar-refractivity contribution is -0.143. The number of carbonyl (C=O) groups excluding carboxylic acids is 1. The highest BCUT2D eigenvalue weighted by atomic mass is 16.5. The van der Waals surface area contributed by atoms with Gasteiger partial charge in [0.15, 0.2) is 0 Å². The number of methoxy groups -OCH3 is 1. The molecule has 0 rings (SSSR count). The third-order valence-corrected chi connectivity index (χ3v) is 1.62. The van der Waals surface area contributed by atoms with Crippen LogP contribution in [0.3, 0.4) is 0 Å². The van der Waals surface area contributed by atoms with E-state index >= 15 is 0 Å². The molecule has 0 spiro atoms. The molecule has 0 aromatic carbocycles. The summed E-state index contributed by atoms with van der Waals surface area (Å²) in [6.07, 6.45) is 0.709. The normalized spacial score (nSPS) is 12.1. The van der Waals surface area contributed by atoms with Crippen molar-refractivity contribution in [1.29, 1.82) is 0 Å². The smallest absolute Gasteiger partial charge is 0.329 e. The van der Waals surface area contributed by atoms with Crippen LogP contribution in [0.2, 0.25) is 0 Å². The van der Waals surface area contributed by atoms with Crippen molar-refractivity contribution in [3.8, 4) is 0 Å². The first kappa shape index (κ1) is 13.9. The predicted molar refractivity (Wildman–Crippen MR) is 52.6 cm³/mol. The molecule has 0 fully saturated rings. The molecule has 1 unspecified atom stereocenters. The fourth-order valence-electron chi connectivity index (χ4n) is 0.914. The van der Waals surface area contributed by atoms with Crippen LogP contribution in [0.1, 0.15) is 13.3 Å². The number of carbonyl (C=O) groups is 2. The van der Waals surface area contributed by atoms with E-state index in [1.807, 2.05) is 6.92 Å². The number of hydrogen-bond acceptors (Lipinski definition) is 4. The zero-order valence-electron chi connectivity index (χ0n) is 8.99. The molecule has 15 heavy (non-hydrogen) atoms. The standard InChI is InChI=1S/C9H17NO5/c1-7(3-4-14-2)10-8(11)5-15-6-9(12)13/h7H,3-6H2,1-2H3,(H,10,11)(H,12,13). The highest BCUT2D eigenvalue weighted by Crippen LogP contribution is 1.90. The van der Waals surface area contributed by atoms with Gasteiger partial charge in [-0.05, 0) is 13.3 Å². The number of nitrogens with one attached hydrogen (secondary N) is 1. The average molecular weight is 219 g/mol. The average Bonchev–Trinajstić information content (AvgIpc) is 2.14. The number of carboxylic acid groups (broad SMARTS) is 1. The lowest BCUT2D eigenvalue weighted by atomic mass is 10.2. The van der Waals surface area contributed by atoms with E-state index in [1.165, 1.54) is 0 Å². The summed E-state index contributed by atoms with van der Waals surface area (Å²) in [6, 6.07) is -0.00845. The van der Waals surface area contributed by atoms with Crippen molar-refractivity contribution in [3.63, 3.8) is 0 Å². The van der Waals surface area contributed by atoms with Crippen LogP contribution in [0.4, 0.5) is 0 Å². The van der Waals surface area contributed by atoms with Gasteiger partial charge in [-0.25, -0.2) is 4.79 Å². The minimum absolute atomic E-state index is 0.00845. The van der Waals surface area contributed by atoms with Crippen LogP contribution in [0.15, 0.2) is 0 Å². The predicted octanol–water partition coefficient (Wildman–Crippen LogP) is -0.371. The second-order valence-electron chi connectivity index (χ2n) is 3.14. The number of hydrogen-bond donors (Lipinski definition) is 2. The zero-order chi connectivity index (χ0) is 11.7. The van der Waals surface area contributed by atoms with Gasteiger partial charge in [-0.15, -0.1) is 0 Å². The van der Waals surface area contributed by atoms with Gasteiger partial charge < -0.3 is 19.9 Å². The minimum Gasteiger partial charge on any atom is -0.480 e. The fourth-order valence-corrected chi connectivity index (χ4v) is 0.914. The van der Waals surface area contributed by atoms with E-state index in [0.29, 0.717) is 13.0 Å². The molecule has 0 saturated heterocycles. The number of ether oxygens (including phenoxy) is 2. The van der Waals surface area contributed by atoms with Crippen molar-refractivity contribution in [2.24, 2.45) is 0 Å². The number of aliphatic carboxylic acids is 1. The van der Waals surface area contributed by atoms with Gasteiger partial charge in [0, 0.05) is 19.8 Å². The van der Waals surface area contributed by atoms with Gasteiger partial charge in [0.05, 0.1) is 0 Å². The number of rotatable bonds is 8. The van der Waals surface area contributed by atoms with Gasteiger partial charge in [-0.3, -0.25) is 4.79 Å².